The minimum absolute atomic E-state index is 0.177. The molecule has 1 fully saturated rings. The third-order valence-electron chi connectivity index (χ3n) is 3.94. The summed E-state index contributed by atoms with van der Waals surface area (Å²) in [5, 5.41) is 13.3. The third-order valence-corrected chi connectivity index (χ3v) is 4.43. The molecule has 0 aliphatic heterocycles. The molecule has 1 aromatic carbocycles. The number of benzene rings is 1. The molecule has 108 valence electrons. The Morgan fingerprint density at radius 3 is 2.20 bits per heavy atom. The Morgan fingerprint density at radius 1 is 1.10 bits per heavy atom. The molecule has 20 heavy (non-hydrogen) atoms. The standard InChI is InChI=1S/C17H23BrN2/c1-15(2)9-16(3,4)11-17(10-15,12-19)20-14-7-5-6-13(18)8-14/h5-8,20H,9-11H2,1-4H3. The quantitative estimate of drug-likeness (QED) is 0.790. The second kappa shape index (κ2) is 5.07. The van der Waals surface area contributed by atoms with Crippen LogP contribution in [-0.4, -0.2) is 5.54 Å². The van der Waals surface area contributed by atoms with Gasteiger partial charge < -0.3 is 5.32 Å². The van der Waals surface area contributed by atoms with Crippen LogP contribution in [0, 0.1) is 22.2 Å². The van der Waals surface area contributed by atoms with Crippen molar-refractivity contribution in [3.8, 4) is 6.07 Å². The smallest absolute Gasteiger partial charge is 0.126 e. The van der Waals surface area contributed by atoms with Gasteiger partial charge >= 0.3 is 0 Å². The maximum Gasteiger partial charge on any atom is 0.126 e. The van der Waals surface area contributed by atoms with Crippen LogP contribution in [0.25, 0.3) is 0 Å². The minimum atomic E-state index is -0.480. The molecule has 0 bridgehead atoms. The van der Waals surface area contributed by atoms with E-state index in [2.05, 4.69) is 55.0 Å². The van der Waals surface area contributed by atoms with Gasteiger partial charge in [0.25, 0.3) is 0 Å². The van der Waals surface area contributed by atoms with Gasteiger partial charge in [-0.2, -0.15) is 5.26 Å². The molecule has 0 atom stereocenters. The summed E-state index contributed by atoms with van der Waals surface area (Å²) >= 11 is 3.49. The van der Waals surface area contributed by atoms with Gasteiger partial charge in [0, 0.05) is 10.2 Å². The number of halogens is 1. The number of hydrogen-bond donors (Lipinski definition) is 1. The predicted molar refractivity (Wildman–Crippen MR) is 87.5 cm³/mol. The van der Waals surface area contributed by atoms with Crippen molar-refractivity contribution < 1.29 is 0 Å². The van der Waals surface area contributed by atoms with Crippen LogP contribution in [0.2, 0.25) is 0 Å². The van der Waals surface area contributed by atoms with Crippen molar-refractivity contribution in [2.75, 3.05) is 5.32 Å². The van der Waals surface area contributed by atoms with Gasteiger partial charge in [-0.25, -0.2) is 0 Å². The third kappa shape index (κ3) is 3.55. The summed E-state index contributed by atoms with van der Waals surface area (Å²) in [7, 11) is 0. The second-order valence-corrected chi connectivity index (χ2v) is 8.60. The van der Waals surface area contributed by atoms with E-state index in [9.17, 15) is 5.26 Å². The van der Waals surface area contributed by atoms with E-state index in [0.29, 0.717) is 0 Å². The van der Waals surface area contributed by atoms with Crippen LogP contribution in [0.3, 0.4) is 0 Å². The van der Waals surface area contributed by atoms with Crippen LogP contribution in [0.4, 0.5) is 5.69 Å². The summed E-state index contributed by atoms with van der Waals surface area (Å²) < 4.78 is 1.03. The molecule has 1 aliphatic rings. The highest BCUT2D eigenvalue weighted by Crippen LogP contribution is 2.50. The maximum atomic E-state index is 9.81. The molecule has 0 spiro atoms. The summed E-state index contributed by atoms with van der Waals surface area (Å²) in [5.41, 5.74) is 0.883. The highest BCUT2D eigenvalue weighted by Gasteiger charge is 2.47. The van der Waals surface area contributed by atoms with E-state index in [4.69, 9.17) is 0 Å². The van der Waals surface area contributed by atoms with E-state index in [0.717, 1.165) is 29.4 Å². The van der Waals surface area contributed by atoms with E-state index in [1.165, 1.54) is 0 Å². The number of hydrogen-bond acceptors (Lipinski definition) is 2. The summed E-state index contributed by atoms with van der Waals surface area (Å²) in [4.78, 5) is 0. The first kappa shape index (κ1) is 15.4. The van der Waals surface area contributed by atoms with Crippen LogP contribution >= 0.6 is 15.9 Å². The first-order chi connectivity index (χ1) is 9.15. The van der Waals surface area contributed by atoms with Gasteiger partial charge in [-0.05, 0) is 48.3 Å². The van der Waals surface area contributed by atoms with Crippen molar-refractivity contribution >= 4 is 21.6 Å². The van der Waals surface area contributed by atoms with Crippen molar-refractivity contribution in [1.82, 2.24) is 0 Å². The monoisotopic (exact) mass is 334 g/mol. The van der Waals surface area contributed by atoms with Gasteiger partial charge in [0.2, 0.25) is 0 Å². The zero-order valence-corrected chi connectivity index (χ0v) is 14.3. The van der Waals surface area contributed by atoms with Gasteiger partial charge in [-0.1, -0.05) is 49.7 Å². The van der Waals surface area contributed by atoms with Crippen LogP contribution in [-0.2, 0) is 0 Å². The van der Waals surface area contributed by atoms with Gasteiger partial charge in [-0.3, -0.25) is 0 Å². The SMILES string of the molecule is CC1(C)CC(C)(C)CC(C#N)(Nc2cccc(Br)c2)C1. The Kier molecular flexibility index (Phi) is 3.90. The number of nitrogens with one attached hydrogen (secondary N) is 1. The first-order valence-corrected chi connectivity index (χ1v) is 7.90. The van der Waals surface area contributed by atoms with Gasteiger partial charge in [0.15, 0.2) is 0 Å². The molecule has 0 saturated heterocycles. The minimum Gasteiger partial charge on any atom is -0.367 e. The molecule has 0 heterocycles. The Bertz CT molecular complexity index is 524. The molecule has 1 aromatic rings. The van der Waals surface area contributed by atoms with E-state index >= 15 is 0 Å². The van der Waals surface area contributed by atoms with Crippen molar-refractivity contribution in [3.63, 3.8) is 0 Å². The Labute approximate surface area is 130 Å². The van der Waals surface area contributed by atoms with Crippen molar-refractivity contribution in [2.45, 2.75) is 52.5 Å². The summed E-state index contributed by atoms with van der Waals surface area (Å²) in [5.74, 6) is 0. The highest BCUT2D eigenvalue weighted by molar-refractivity contribution is 9.10. The van der Waals surface area contributed by atoms with Crippen LogP contribution < -0.4 is 5.32 Å². The normalized spacial score (nSPS) is 22.8. The fraction of sp³-hybridized carbons (Fsp3) is 0.588. The fourth-order valence-corrected chi connectivity index (χ4v) is 4.55. The van der Waals surface area contributed by atoms with Crippen LogP contribution in [0.1, 0.15) is 47.0 Å². The molecular formula is C17H23BrN2. The molecule has 2 rings (SSSR count). The average Bonchev–Trinajstić information content (AvgIpc) is 2.24. The van der Waals surface area contributed by atoms with E-state index in [-0.39, 0.29) is 10.8 Å². The van der Waals surface area contributed by atoms with Crippen molar-refractivity contribution in [3.05, 3.63) is 28.7 Å². The molecule has 0 unspecified atom stereocenters. The van der Waals surface area contributed by atoms with E-state index < -0.39 is 5.54 Å². The molecule has 1 N–H and O–H groups in total. The maximum absolute atomic E-state index is 9.81. The lowest BCUT2D eigenvalue weighted by molar-refractivity contribution is 0.0811. The number of nitrogens with zero attached hydrogens (tertiary/aromatic N) is 1. The van der Waals surface area contributed by atoms with Crippen molar-refractivity contribution in [2.24, 2.45) is 10.8 Å². The Balaban J connectivity index is 2.32. The summed E-state index contributed by atoms with van der Waals surface area (Å²) in [6, 6.07) is 10.6. The van der Waals surface area contributed by atoms with Crippen LogP contribution in [0.15, 0.2) is 28.7 Å². The summed E-state index contributed by atoms with van der Waals surface area (Å²) in [6.07, 6.45) is 2.92. The lowest BCUT2D eigenvalue weighted by Crippen LogP contribution is -2.50. The average molecular weight is 335 g/mol. The topological polar surface area (TPSA) is 35.8 Å². The largest absolute Gasteiger partial charge is 0.367 e. The van der Waals surface area contributed by atoms with Gasteiger partial charge in [0.1, 0.15) is 5.54 Å². The summed E-state index contributed by atoms with van der Waals surface area (Å²) in [6.45, 7) is 9.07. The Morgan fingerprint density at radius 2 is 1.70 bits per heavy atom. The molecule has 0 amide bonds. The molecule has 0 aromatic heterocycles. The van der Waals surface area contributed by atoms with Crippen molar-refractivity contribution in [1.29, 1.82) is 5.26 Å². The number of anilines is 1. The lowest BCUT2D eigenvalue weighted by Gasteiger charge is -2.49. The lowest BCUT2D eigenvalue weighted by atomic mass is 9.58. The van der Waals surface area contributed by atoms with Gasteiger partial charge in [0.05, 0.1) is 6.07 Å². The first-order valence-electron chi connectivity index (χ1n) is 7.11. The highest BCUT2D eigenvalue weighted by atomic mass is 79.9. The number of rotatable bonds is 2. The molecule has 2 nitrogen and oxygen atoms in total. The van der Waals surface area contributed by atoms with Gasteiger partial charge in [-0.15, -0.1) is 0 Å². The molecule has 0 radical (unpaired) electrons. The zero-order chi connectivity index (χ0) is 15.0. The van der Waals surface area contributed by atoms with Crippen LogP contribution in [0.5, 0.6) is 0 Å². The second-order valence-electron chi connectivity index (χ2n) is 7.69. The molecule has 1 aliphatic carbocycles. The predicted octanol–water partition coefficient (Wildman–Crippen LogP) is 5.36. The van der Waals surface area contributed by atoms with E-state index in [1.54, 1.807) is 0 Å². The molecule has 1 saturated carbocycles. The zero-order valence-electron chi connectivity index (χ0n) is 12.8. The fourth-order valence-electron chi connectivity index (χ4n) is 4.15. The number of nitriles is 1. The molecule has 3 heteroatoms. The van der Waals surface area contributed by atoms with E-state index in [1.807, 2.05) is 24.3 Å². The molecular weight excluding hydrogens is 312 g/mol. The Hall–Kier alpha value is -1.01.